The molecule has 1 aliphatic rings. The number of rotatable bonds is 6. The molecule has 1 amide bonds. The highest BCUT2D eigenvalue weighted by Gasteiger charge is 2.45. The molecule has 3 heterocycles. The number of nitrogens with zero attached hydrogens (tertiary/aromatic N) is 5. The van der Waals surface area contributed by atoms with Crippen LogP contribution >= 0.6 is 23.2 Å². The number of halogens is 3. The molecule has 37 heavy (non-hydrogen) atoms. The summed E-state index contributed by atoms with van der Waals surface area (Å²) in [7, 11) is 2.95. The van der Waals surface area contributed by atoms with Gasteiger partial charge in [-0.2, -0.15) is 4.98 Å². The van der Waals surface area contributed by atoms with Crippen molar-refractivity contribution in [1.29, 1.82) is 0 Å². The molecule has 0 N–H and O–H groups in total. The predicted molar refractivity (Wildman–Crippen MR) is 138 cm³/mol. The number of anilines is 1. The number of imidazole rings is 1. The zero-order valence-electron chi connectivity index (χ0n) is 20.4. The van der Waals surface area contributed by atoms with Crippen molar-refractivity contribution < 1.29 is 18.7 Å². The molecule has 0 radical (unpaired) electrons. The average molecular weight is 542 g/mol. The Morgan fingerprint density at radius 2 is 1.76 bits per heavy atom. The molecule has 0 bridgehead atoms. The second-order valence-corrected chi connectivity index (χ2v) is 9.48. The van der Waals surface area contributed by atoms with E-state index in [1.54, 1.807) is 23.2 Å². The minimum atomic E-state index is -0.588. The SMILES string of the molecule is COc1ncc(-c2nc3c(n2C(C)C)C(c2ccc(Cl)cc2)N(c2ccc(F)c(Cl)c2)C3=O)c(OC)n1. The average Bonchev–Trinajstić information content (AvgIpc) is 3.41. The van der Waals surface area contributed by atoms with Crippen LogP contribution in [0.3, 0.4) is 0 Å². The standard InChI is InChI=1S/C26H22Cl2FN5O3/c1-13(2)33-22-20(31-23(33)17-12-30-26(37-4)32-24(17)36-3)25(35)34(16-9-10-19(29)18(28)11-16)21(22)14-5-7-15(27)8-6-14/h5-13,21H,1-4H3. The first kappa shape index (κ1) is 25.0. The molecule has 4 aromatic rings. The third-order valence-corrected chi connectivity index (χ3v) is 6.66. The summed E-state index contributed by atoms with van der Waals surface area (Å²) in [5.74, 6) is -0.193. The van der Waals surface area contributed by atoms with Gasteiger partial charge in [0.1, 0.15) is 17.7 Å². The molecule has 2 aromatic heterocycles. The first-order valence-electron chi connectivity index (χ1n) is 11.4. The monoisotopic (exact) mass is 541 g/mol. The topological polar surface area (TPSA) is 82.4 Å². The van der Waals surface area contributed by atoms with Gasteiger partial charge in [0.15, 0.2) is 5.69 Å². The Balaban J connectivity index is 1.77. The van der Waals surface area contributed by atoms with Gasteiger partial charge in [0.25, 0.3) is 5.91 Å². The summed E-state index contributed by atoms with van der Waals surface area (Å²) in [4.78, 5) is 28.8. The van der Waals surface area contributed by atoms with E-state index in [2.05, 4.69) is 9.97 Å². The summed E-state index contributed by atoms with van der Waals surface area (Å²) in [6.07, 6.45) is 1.56. The molecule has 11 heteroatoms. The maximum Gasteiger partial charge on any atom is 0.319 e. The molecular weight excluding hydrogens is 520 g/mol. The minimum absolute atomic E-state index is 0.0859. The van der Waals surface area contributed by atoms with Crippen LogP contribution in [0.2, 0.25) is 10.0 Å². The quantitative estimate of drug-likeness (QED) is 0.292. The fourth-order valence-corrected chi connectivity index (χ4v) is 4.84. The van der Waals surface area contributed by atoms with Gasteiger partial charge in [-0.3, -0.25) is 9.69 Å². The van der Waals surface area contributed by atoms with Gasteiger partial charge in [0, 0.05) is 22.9 Å². The highest BCUT2D eigenvalue weighted by atomic mass is 35.5. The molecule has 8 nitrogen and oxygen atoms in total. The van der Waals surface area contributed by atoms with E-state index in [1.165, 1.54) is 32.4 Å². The van der Waals surface area contributed by atoms with E-state index in [0.717, 1.165) is 5.56 Å². The number of aromatic nitrogens is 4. The predicted octanol–water partition coefficient (Wildman–Crippen LogP) is 6.13. The maximum absolute atomic E-state index is 14.0. The summed E-state index contributed by atoms with van der Waals surface area (Å²) in [5.41, 5.74) is 2.66. The van der Waals surface area contributed by atoms with E-state index in [4.69, 9.17) is 37.7 Å². The zero-order valence-corrected chi connectivity index (χ0v) is 21.9. The maximum atomic E-state index is 14.0. The lowest BCUT2D eigenvalue weighted by molar-refractivity contribution is 0.0989. The smallest absolute Gasteiger partial charge is 0.319 e. The number of carbonyl (C=O) groups is 1. The molecule has 1 atom stereocenters. The molecule has 0 saturated heterocycles. The van der Waals surface area contributed by atoms with Crippen LogP contribution in [0.25, 0.3) is 11.4 Å². The van der Waals surface area contributed by atoms with Crippen molar-refractivity contribution in [3.05, 3.63) is 81.5 Å². The van der Waals surface area contributed by atoms with Gasteiger partial charge in [-0.15, -0.1) is 0 Å². The molecule has 0 fully saturated rings. The molecule has 190 valence electrons. The summed E-state index contributed by atoms with van der Waals surface area (Å²) >= 11 is 12.3. The fraction of sp³-hybridized carbons (Fsp3) is 0.231. The van der Waals surface area contributed by atoms with Crippen LogP contribution in [-0.4, -0.2) is 39.6 Å². The van der Waals surface area contributed by atoms with Crippen molar-refractivity contribution in [2.24, 2.45) is 0 Å². The van der Waals surface area contributed by atoms with E-state index < -0.39 is 11.9 Å². The molecule has 0 aliphatic carbocycles. The fourth-order valence-electron chi connectivity index (χ4n) is 4.54. The van der Waals surface area contributed by atoms with E-state index in [-0.39, 0.29) is 34.6 Å². The van der Waals surface area contributed by atoms with Crippen molar-refractivity contribution in [2.45, 2.75) is 25.9 Å². The van der Waals surface area contributed by atoms with Gasteiger partial charge in [-0.1, -0.05) is 35.3 Å². The number of ether oxygens (including phenoxy) is 2. The van der Waals surface area contributed by atoms with Crippen LogP contribution in [-0.2, 0) is 0 Å². The lowest BCUT2D eigenvalue weighted by Gasteiger charge is -2.28. The Labute approximate surface area is 222 Å². The number of amides is 1. The molecule has 5 rings (SSSR count). The lowest BCUT2D eigenvalue weighted by atomic mass is 10.0. The summed E-state index contributed by atoms with van der Waals surface area (Å²) < 4.78 is 26.6. The molecule has 1 aliphatic heterocycles. The first-order valence-corrected chi connectivity index (χ1v) is 12.1. The number of benzene rings is 2. The number of fused-ring (bicyclic) bond motifs is 1. The number of methoxy groups -OCH3 is 2. The Morgan fingerprint density at radius 1 is 1.03 bits per heavy atom. The number of carbonyl (C=O) groups excluding carboxylic acids is 1. The van der Waals surface area contributed by atoms with Gasteiger partial charge in [-0.05, 0) is 49.7 Å². The second-order valence-electron chi connectivity index (χ2n) is 8.64. The minimum Gasteiger partial charge on any atom is -0.480 e. The molecule has 0 saturated carbocycles. The number of hydrogen-bond acceptors (Lipinski definition) is 6. The van der Waals surface area contributed by atoms with Gasteiger partial charge in [0.2, 0.25) is 5.88 Å². The highest BCUT2D eigenvalue weighted by molar-refractivity contribution is 6.31. The normalized spacial score (nSPS) is 14.9. The van der Waals surface area contributed by atoms with Crippen molar-refractivity contribution in [1.82, 2.24) is 19.5 Å². The Morgan fingerprint density at radius 3 is 2.38 bits per heavy atom. The van der Waals surface area contributed by atoms with Crippen molar-refractivity contribution in [2.75, 3.05) is 19.1 Å². The Bertz CT molecular complexity index is 1510. The van der Waals surface area contributed by atoms with Crippen molar-refractivity contribution in [3.63, 3.8) is 0 Å². The van der Waals surface area contributed by atoms with Gasteiger partial charge in [0.05, 0.1) is 30.5 Å². The Hall–Kier alpha value is -3.69. The van der Waals surface area contributed by atoms with Crippen LogP contribution in [0.4, 0.5) is 10.1 Å². The van der Waals surface area contributed by atoms with E-state index in [9.17, 15) is 9.18 Å². The molecule has 2 aromatic carbocycles. The van der Waals surface area contributed by atoms with Gasteiger partial charge < -0.3 is 14.0 Å². The molecule has 0 spiro atoms. The van der Waals surface area contributed by atoms with Crippen molar-refractivity contribution in [3.8, 4) is 23.3 Å². The zero-order chi connectivity index (χ0) is 26.4. The summed E-state index contributed by atoms with van der Waals surface area (Å²) in [6, 6.07) is 10.8. The van der Waals surface area contributed by atoms with Gasteiger partial charge >= 0.3 is 6.01 Å². The summed E-state index contributed by atoms with van der Waals surface area (Å²) in [5, 5.41) is 0.472. The van der Waals surface area contributed by atoms with E-state index in [0.29, 0.717) is 27.8 Å². The number of hydrogen-bond donors (Lipinski definition) is 0. The third kappa shape index (κ3) is 4.18. The van der Waals surface area contributed by atoms with Crippen LogP contribution in [0.15, 0.2) is 48.7 Å². The van der Waals surface area contributed by atoms with Crippen LogP contribution in [0.1, 0.15) is 47.7 Å². The molecular formula is C26H22Cl2FN5O3. The van der Waals surface area contributed by atoms with Gasteiger partial charge in [-0.25, -0.2) is 14.4 Å². The third-order valence-electron chi connectivity index (χ3n) is 6.12. The molecule has 1 unspecified atom stereocenters. The van der Waals surface area contributed by atoms with E-state index >= 15 is 0 Å². The van der Waals surface area contributed by atoms with Crippen LogP contribution in [0.5, 0.6) is 11.9 Å². The second kappa shape index (κ2) is 9.64. The van der Waals surface area contributed by atoms with Crippen molar-refractivity contribution >= 4 is 34.8 Å². The van der Waals surface area contributed by atoms with Crippen LogP contribution in [0, 0.1) is 5.82 Å². The highest BCUT2D eigenvalue weighted by Crippen LogP contribution is 2.46. The van der Waals surface area contributed by atoms with Crippen LogP contribution < -0.4 is 14.4 Å². The largest absolute Gasteiger partial charge is 0.480 e. The summed E-state index contributed by atoms with van der Waals surface area (Å²) in [6.45, 7) is 3.98. The van der Waals surface area contributed by atoms with E-state index in [1.807, 2.05) is 30.5 Å². The lowest BCUT2D eigenvalue weighted by Crippen LogP contribution is -2.30. The first-order chi connectivity index (χ1) is 17.7. The Kier molecular flexibility index (Phi) is 6.51.